The zero-order valence-electron chi connectivity index (χ0n) is 20.4. The standard InChI is InChI=1S/C24H26F6N4O4/c1-12-5-22(36,20-33-18(10-38-20)24(28,29)30)6-13(32-12)9-37-15-3-16(23(25,26)27)19-17(4-15)31-11-34(19)14-7-21(2,35)8-14/h3-4,10-14,32,35-36H,5-9H2,1-2H3/t12-,13-,14?,21?,22+/m0/s1. The minimum atomic E-state index is -4.74. The lowest BCUT2D eigenvalue weighted by molar-refractivity contribution is -0.141. The van der Waals surface area contributed by atoms with Crippen LogP contribution in [-0.4, -0.2) is 49.0 Å². The molecule has 1 aliphatic heterocycles. The SMILES string of the molecule is C[C@H]1C[C@](O)(c2nc(C(F)(F)F)co2)C[C@@H](COc2cc(C(F)(F)F)c3c(c2)ncn3C2CC(C)(O)C2)N1. The maximum absolute atomic E-state index is 14.0. The van der Waals surface area contributed by atoms with Crippen molar-refractivity contribution in [3.63, 3.8) is 0 Å². The Bertz CT molecular complexity index is 1330. The van der Waals surface area contributed by atoms with E-state index < -0.39 is 46.7 Å². The van der Waals surface area contributed by atoms with Gasteiger partial charge in [-0.15, -0.1) is 0 Å². The van der Waals surface area contributed by atoms with E-state index in [-0.39, 0.29) is 48.3 Å². The average Bonchev–Trinajstić information content (AvgIpc) is 3.42. The molecule has 0 unspecified atom stereocenters. The maximum Gasteiger partial charge on any atom is 0.436 e. The van der Waals surface area contributed by atoms with Gasteiger partial charge in [0, 0.05) is 37.0 Å². The number of piperidine rings is 1. The van der Waals surface area contributed by atoms with Crippen molar-refractivity contribution in [3.05, 3.63) is 41.9 Å². The Morgan fingerprint density at radius 2 is 1.82 bits per heavy atom. The highest BCUT2D eigenvalue weighted by Gasteiger charge is 2.45. The molecule has 5 rings (SSSR count). The maximum atomic E-state index is 14.0. The molecule has 3 atom stereocenters. The Morgan fingerprint density at radius 1 is 1.11 bits per heavy atom. The van der Waals surface area contributed by atoms with Crippen molar-refractivity contribution in [3.8, 4) is 5.75 Å². The van der Waals surface area contributed by atoms with Crippen molar-refractivity contribution in [2.24, 2.45) is 0 Å². The number of imidazole rings is 1. The number of nitrogens with zero attached hydrogens (tertiary/aromatic N) is 3. The number of rotatable bonds is 5. The largest absolute Gasteiger partial charge is 0.492 e. The molecule has 3 aromatic rings. The molecular weight excluding hydrogens is 522 g/mol. The molecule has 3 heterocycles. The van der Waals surface area contributed by atoms with Crippen molar-refractivity contribution in [1.29, 1.82) is 0 Å². The predicted molar refractivity (Wildman–Crippen MR) is 120 cm³/mol. The van der Waals surface area contributed by atoms with Crippen LogP contribution in [0.4, 0.5) is 26.3 Å². The van der Waals surface area contributed by atoms with E-state index >= 15 is 0 Å². The highest BCUT2D eigenvalue weighted by Crippen LogP contribution is 2.45. The molecule has 0 amide bonds. The lowest BCUT2D eigenvalue weighted by Gasteiger charge is -2.41. The second-order valence-electron chi connectivity index (χ2n) is 10.6. The fourth-order valence-corrected chi connectivity index (χ4v) is 5.49. The van der Waals surface area contributed by atoms with Crippen molar-refractivity contribution >= 4 is 11.0 Å². The van der Waals surface area contributed by atoms with Crippen molar-refractivity contribution in [2.45, 2.75) is 81.2 Å². The summed E-state index contributed by atoms with van der Waals surface area (Å²) in [6.45, 7) is 3.13. The number of hydrogen-bond donors (Lipinski definition) is 3. The smallest absolute Gasteiger partial charge is 0.436 e. The number of halogens is 6. The number of oxazole rings is 1. The first kappa shape index (κ1) is 26.8. The number of aliphatic hydroxyl groups is 2. The van der Waals surface area contributed by atoms with Crippen LogP contribution in [0.2, 0.25) is 0 Å². The fourth-order valence-electron chi connectivity index (χ4n) is 5.49. The lowest BCUT2D eigenvalue weighted by atomic mass is 9.77. The summed E-state index contributed by atoms with van der Waals surface area (Å²) in [4.78, 5) is 7.54. The Labute approximate surface area is 212 Å². The van der Waals surface area contributed by atoms with E-state index in [1.165, 1.54) is 17.0 Å². The fraction of sp³-hybridized carbons (Fsp3) is 0.583. The van der Waals surface area contributed by atoms with Gasteiger partial charge in [0.1, 0.15) is 24.2 Å². The number of alkyl halides is 6. The van der Waals surface area contributed by atoms with Gasteiger partial charge in [-0.2, -0.15) is 26.3 Å². The Balaban J connectivity index is 1.36. The molecule has 2 aliphatic rings. The second kappa shape index (κ2) is 8.85. The van der Waals surface area contributed by atoms with Crippen LogP contribution >= 0.6 is 0 Å². The molecular formula is C24H26F6N4O4. The molecule has 1 aliphatic carbocycles. The first-order chi connectivity index (χ1) is 17.5. The van der Waals surface area contributed by atoms with Crippen LogP contribution in [0.25, 0.3) is 11.0 Å². The van der Waals surface area contributed by atoms with Gasteiger partial charge in [-0.1, -0.05) is 0 Å². The molecule has 0 radical (unpaired) electrons. The van der Waals surface area contributed by atoms with E-state index in [2.05, 4.69) is 15.3 Å². The first-order valence-corrected chi connectivity index (χ1v) is 12.0. The zero-order chi connectivity index (χ0) is 27.7. The number of benzene rings is 1. The molecule has 8 nitrogen and oxygen atoms in total. The number of fused-ring (bicyclic) bond motifs is 1. The number of hydrogen-bond acceptors (Lipinski definition) is 7. The van der Waals surface area contributed by atoms with Gasteiger partial charge in [0.2, 0.25) is 5.89 Å². The summed E-state index contributed by atoms with van der Waals surface area (Å²) in [6.07, 6.45) is -7.22. The Kier molecular flexibility index (Phi) is 6.23. The molecule has 1 saturated carbocycles. The Hall–Kier alpha value is -2.84. The van der Waals surface area contributed by atoms with E-state index in [0.29, 0.717) is 19.1 Å². The molecule has 2 fully saturated rings. The van der Waals surface area contributed by atoms with Gasteiger partial charge in [0.15, 0.2) is 5.69 Å². The van der Waals surface area contributed by atoms with Crippen LogP contribution < -0.4 is 10.1 Å². The number of aromatic nitrogens is 3. The summed E-state index contributed by atoms with van der Waals surface area (Å²) in [5.74, 6) is -0.584. The van der Waals surface area contributed by atoms with E-state index in [4.69, 9.17) is 9.15 Å². The summed E-state index contributed by atoms with van der Waals surface area (Å²) in [5.41, 5.74) is -5.00. The molecule has 3 N–H and O–H groups in total. The van der Waals surface area contributed by atoms with Crippen molar-refractivity contribution < 1.29 is 45.7 Å². The van der Waals surface area contributed by atoms with Crippen LogP contribution in [-0.2, 0) is 18.0 Å². The normalized spacial score (nSPS) is 30.4. The third-order valence-electron chi connectivity index (χ3n) is 7.08. The minimum absolute atomic E-state index is 0.0109. The van der Waals surface area contributed by atoms with Gasteiger partial charge in [0.25, 0.3) is 0 Å². The monoisotopic (exact) mass is 548 g/mol. The van der Waals surface area contributed by atoms with Gasteiger partial charge >= 0.3 is 12.4 Å². The summed E-state index contributed by atoms with van der Waals surface area (Å²) < 4.78 is 93.0. The van der Waals surface area contributed by atoms with E-state index in [0.717, 1.165) is 6.07 Å². The topological polar surface area (TPSA) is 106 Å². The number of ether oxygens (including phenoxy) is 1. The minimum Gasteiger partial charge on any atom is -0.492 e. The highest BCUT2D eigenvalue weighted by molar-refractivity contribution is 5.82. The lowest BCUT2D eigenvalue weighted by Crippen LogP contribution is -2.53. The zero-order valence-corrected chi connectivity index (χ0v) is 20.4. The van der Waals surface area contributed by atoms with Crippen LogP contribution in [0.1, 0.15) is 62.7 Å². The molecule has 0 bridgehead atoms. The van der Waals surface area contributed by atoms with E-state index in [1.54, 1.807) is 13.8 Å². The highest BCUT2D eigenvalue weighted by atomic mass is 19.4. The molecule has 14 heteroatoms. The molecule has 38 heavy (non-hydrogen) atoms. The van der Waals surface area contributed by atoms with Crippen molar-refractivity contribution in [1.82, 2.24) is 19.9 Å². The van der Waals surface area contributed by atoms with Gasteiger partial charge in [0.05, 0.1) is 28.5 Å². The summed E-state index contributed by atoms with van der Waals surface area (Å²) in [7, 11) is 0. The first-order valence-electron chi connectivity index (χ1n) is 12.0. The van der Waals surface area contributed by atoms with Gasteiger partial charge < -0.3 is 29.3 Å². The summed E-state index contributed by atoms with van der Waals surface area (Å²) in [5, 5.41) is 24.2. The van der Waals surface area contributed by atoms with Gasteiger partial charge in [-0.05, 0) is 32.8 Å². The number of nitrogens with one attached hydrogen (secondary N) is 1. The average molecular weight is 548 g/mol. The van der Waals surface area contributed by atoms with Gasteiger partial charge in [-0.3, -0.25) is 0 Å². The van der Waals surface area contributed by atoms with Crippen LogP contribution in [0.15, 0.2) is 29.1 Å². The van der Waals surface area contributed by atoms with Crippen LogP contribution in [0.5, 0.6) is 5.75 Å². The predicted octanol–water partition coefficient (Wildman–Crippen LogP) is 4.55. The summed E-state index contributed by atoms with van der Waals surface area (Å²) >= 11 is 0. The second-order valence-corrected chi connectivity index (χ2v) is 10.6. The van der Waals surface area contributed by atoms with Crippen LogP contribution in [0, 0.1) is 0 Å². The third-order valence-corrected chi connectivity index (χ3v) is 7.08. The Morgan fingerprint density at radius 3 is 2.42 bits per heavy atom. The molecule has 1 aromatic carbocycles. The van der Waals surface area contributed by atoms with E-state index in [1.807, 2.05) is 0 Å². The van der Waals surface area contributed by atoms with Crippen LogP contribution in [0.3, 0.4) is 0 Å². The molecule has 2 aromatic heterocycles. The summed E-state index contributed by atoms with van der Waals surface area (Å²) in [6, 6.07) is 0.915. The van der Waals surface area contributed by atoms with Gasteiger partial charge in [-0.25, -0.2) is 9.97 Å². The third kappa shape index (κ3) is 5.08. The molecule has 0 spiro atoms. The molecule has 1 saturated heterocycles. The molecule has 208 valence electrons. The quantitative estimate of drug-likeness (QED) is 0.402. The van der Waals surface area contributed by atoms with Crippen molar-refractivity contribution in [2.75, 3.05) is 6.61 Å². The van der Waals surface area contributed by atoms with E-state index in [9.17, 15) is 36.6 Å².